The van der Waals surface area contributed by atoms with Crippen molar-refractivity contribution < 1.29 is 22.7 Å². The molecule has 7 nitrogen and oxygen atoms in total. The zero-order chi connectivity index (χ0) is 17.9. The van der Waals surface area contributed by atoms with E-state index in [1.54, 1.807) is 30.5 Å². The lowest BCUT2D eigenvalue weighted by Gasteiger charge is -2.22. The summed E-state index contributed by atoms with van der Waals surface area (Å²) < 4.78 is 33.6. The Morgan fingerprint density at radius 3 is 2.68 bits per heavy atom. The number of sulfone groups is 1. The van der Waals surface area contributed by atoms with Crippen molar-refractivity contribution in [3.05, 3.63) is 53.9 Å². The van der Waals surface area contributed by atoms with Crippen molar-refractivity contribution in [2.45, 2.75) is 13.1 Å². The highest BCUT2D eigenvalue weighted by Gasteiger charge is 2.21. The molecule has 2 heterocycles. The molecule has 132 valence electrons. The van der Waals surface area contributed by atoms with E-state index >= 15 is 0 Å². The molecule has 8 heteroatoms. The normalized spacial score (nSPS) is 12.8. The Balaban J connectivity index is 1.81. The Kier molecular flexibility index (Phi) is 4.89. The number of fused-ring (bicyclic) bond motifs is 1. The quantitative estimate of drug-likeness (QED) is 0.772. The maximum absolute atomic E-state index is 12.5. The number of rotatable bonds is 6. The van der Waals surface area contributed by atoms with Gasteiger partial charge in [0.05, 0.1) is 12.2 Å². The van der Waals surface area contributed by atoms with Crippen molar-refractivity contribution in [3.8, 4) is 11.5 Å². The average Bonchev–Trinajstić information content (AvgIpc) is 3.01. The molecule has 1 aliphatic heterocycles. The van der Waals surface area contributed by atoms with Gasteiger partial charge in [0, 0.05) is 19.0 Å². The molecule has 2 aromatic rings. The summed E-state index contributed by atoms with van der Waals surface area (Å²) in [5.41, 5.74) is 1.51. The molecule has 0 bridgehead atoms. The molecular weight excluding hydrogens is 344 g/mol. The van der Waals surface area contributed by atoms with Gasteiger partial charge in [-0.15, -0.1) is 0 Å². The van der Waals surface area contributed by atoms with Crippen LogP contribution in [0, 0.1) is 0 Å². The van der Waals surface area contributed by atoms with E-state index in [2.05, 4.69) is 4.98 Å². The van der Waals surface area contributed by atoms with Gasteiger partial charge in [-0.3, -0.25) is 9.78 Å². The predicted octanol–water partition coefficient (Wildman–Crippen LogP) is 1.38. The van der Waals surface area contributed by atoms with Crippen LogP contribution in [0.4, 0.5) is 0 Å². The molecule has 1 amide bonds. The number of pyridine rings is 1. The minimum absolute atomic E-state index is 0.170. The Bertz CT molecular complexity index is 868. The number of hydrogen-bond acceptors (Lipinski definition) is 6. The van der Waals surface area contributed by atoms with Gasteiger partial charge in [-0.25, -0.2) is 8.42 Å². The maximum Gasteiger partial charge on any atom is 0.238 e. The van der Waals surface area contributed by atoms with Gasteiger partial charge < -0.3 is 14.4 Å². The van der Waals surface area contributed by atoms with Crippen LogP contribution in [-0.4, -0.2) is 43.0 Å². The first-order chi connectivity index (χ1) is 11.9. The molecule has 0 saturated carbocycles. The lowest BCUT2D eigenvalue weighted by molar-refractivity contribution is -0.129. The fraction of sp³-hybridized carbons (Fsp3) is 0.294. The molecule has 0 fully saturated rings. The highest BCUT2D eigenvalue weighted by atomic mass is 32.2. The van der Waals surface area contributed by atoms with Gasteiger partial charge in [-0.1, -0.05) is 12.1 Å². The second-order valence-corrected chi connectivity index (χ2v) is 7.97. The number of amides is 1. The topological polar surface area (TPSA) is 85.8 Å². The van der Waals surface area contributed by atoms with Crippen LogP contribution in [0.25, 0.3) is 0 Å². The van der Waals surface area contributed by atoms with Crippen LogP contribution < -0.4 is 9.47 Å². The largest absolute Gasteiger partial charge is 0.454 e. The van der Waals surface area contributed by atoms with Crippen molar-refractivity contribution >= 4 is 15.7 Å². The minimum Gasteiger partial charge on any atom is -0.454 e. The van der Waals surface area contributed by atoms with Crippen LogP contribution in [0.5, 0.6) is 11.5 Å². The average molecular weight is 362 g/mol. The van der Waals surface area contributed by atoms with E-state index in [9.17, 15) is 13.2 Å². The fourth-order valence-corrected chi connectivity index (χ4v) is 3.13. The van der Waals surface area contributed by atoms with E-state index in [0.717, 1.165) is 11.8 Å². The second kappa shape index (κ2) is 7.10. The molecule has 3 rings (SSSR count). The van der Waals surface area contributed by atoms with Crippen LogP contribution >= 0.6 is 0 Å². The first-order valence-corrected chi connectivity index (χ1v) is 9.71. The Morgan fingerprint density at radius 1 is 1.16 bits per heavy atom. The number of hydrogen-bond donors (Lipinski definition) is 0. The third-order valence-electron chi connectivity index (χ3n) is 3.63. The summed E-state index contributed by atoms with van der Waals surface area (Å²) >= 11 is 0. The molecule has 1 aliphatic rings. The van der Waals surface area contributed by atoms with Crippen molar-refractivity contribution in [1.82, 2.24) is 9.88 Å². The molecule has 0 atom stereocenters. The molecule has 0 radical (unpaired) electrons. The summed E-state index contributed by atoms with van der Waals surface area (Å²) in [5, 5.41) is 0. The summed E-state index contributed by atoms with van der Waals surface area (Å²) in [7, 11) is -3.42. The van der Waals surface area contributed by atoms with Crippen LogP contribution in [-0.2, 0) is 27.7 Å². The number of aromatic nitrogens is 1. The number of carbonyl (C=O) groups is 1. The van der Waals surface area contributed by atoms with E-state index in [1.165, 1.54) is 4.90 Å². The summed E-state index contributed by atoms with van der Waals surface area (Å²) in [5.74, 6) is 0.267. The summed E-state index contributed by atoms with van der Waals surface area (Å²) in [6, 6.07) is 10.8. The third-order valence-corrected chi connectivity index (χ3v) is 4.40. The van der Waals surface area contributed by atoms with E-state index in [0.29, 0.717) is 17.2 Å². The highest BCUT2D eigenvalue weighted by molar-refractivity contribution is 7.91. The summed E-state index contributed by atoms with van der Waals surface area (Å²) in [4.78, 5) is 18.1. The number of ether oxygens (including phenoxy) is 2. The standard InChI is InChI=1S/C17H18N2O5S/c1-25(21,22)11-17(20)19(10-14-4-2-3-7-18-14)9-13-5-6-15-16(8-13)24-12-23-15/h2-8H,9-12H2,1H3. The summed E-state index contributed by atoms with van der Waals surface area (Å²) in [6.45, 7) is 0.647. The molecule has 0 N–H and O–H groups in total. The van der Waals surface area contributed by atoms with E-state index in [1.807, 2.05) is 12.1 Å². The zero-order valence-electron chi connectivity index (χ0n) is 13.7. The molecule has 0 spiro atoms. The van der Waals surface area contributed by atoms with Crippen LogP contribution in [0.3, 0.4) is 0 Å². The molecule has 25 heavy (non-hydrogen) atoms. The van der Waals surface area contributed by atoms with Crippen molar-refractivity contribution in [2.75, 3.05) is 18.8 Å². The smallest absolute Gasteiger partial charge is 0.238 e. The van der Waals surface area contributed by atoms with Crippen molar-refractivity contribution in [2.24, 2.45) is 0 Å². The number of carbonyl (C=O) groups excluding carboxylic acids is 1. The number of benzene rings is 1. The van der Waals surface area contributed by atoms with Crippen molar-refractivity contribution in [1.29, 1.82) is 0 Å². The van der Waals surface area contributed by atoms with Gasteiger partial charge in [0.1, 0.15) is 5.75 Å². The second-order valence-electron chi connectivity index (χ2n) is 5.83. The van der Waals surface area contributed by atoms with Crippen LogP contribution in [0.2, 0.25) is 0 Å². The predicted molar refractivity (Wildman–Crippen MR) is 90.8 cm³/mol. The van der Waals surface area contributed by atoms with E-state index in [4.69, 9.17) is 9.47 Å². The van der Waals surface area contributed by atoms with Crippen LogP contribution in [0.1, 0.15) is 11.3 Å². The number of nitrogens with zero attached hydrogens (tertiary/aromatic N) is 2. The van der Waals surface area contributed by atoms with Gasteiger partial charge in [0.25, 0.3) is 0 Å². The van der Waals surface area contributed by atoms with Crippen molar-refractivity contribution in [3.63, 3.8) is 0 Å². The van der Waals surface area contributed by atoms with E-state index in [-0.39, 0.29) is 19.9 Å². The Labute approximate surface area is 146 Å². The Morgan fingerprint density at radius 2 is 1.96 bits per heavy atom. The van der Waals surface area contributed by atoms with Crippen LogP contribution in [0.15, 0.2) is 42.6 Å². The maximum atomic E-state index is 12.5. The summed E-state index contributed by atoms with van der Waals surface area (Å²) in [6.07, 6.45) is 2.68. The Hall–Kier alpha value is -2.61. The molecule has 0 aliphatic carbocycles. The SMILES string of the molecule is CS(=O)(=O)CC(=O)N(Cc1ccc2c(c1)OCO2)Cc1ccccn1. The van der Waals surface area contributed by atoms with Gasteiger partial charge in [0.2, 0.25) is 12.7 Å². The third kappa shape index (κ3) is 4.69. The molecule has 1 aromatic carbocycles. The van der Waals surface area contributed by atoms with Gasteiger partial charge >= 0.3 is 0 Å². The fourth-order valence-electron chi connectivity index (χ4n) is 2.49. The minimum atomic E-state index is -3.42. The lowest BCUT2D eigenvalue weighted by Crippen LogP contribution is -2.34. The van der Waals surface area contributed by atoms with Gasteiger partial charge in [-0.05, 0) is 29.8 Å². The van der Waals surface area contributed by atoms with E-state index < -0.39 is 21.5 Å². The first kappa shape index (κ1) is 17.2. The molecule has 0 unspecified atom stereocenters. The monoisotopic (exact) mass is 362 g/mol. The molecular formula is C17H18N2O5S. The highest BCUT2D eigenvalue weighted by Crippen LogP contribution is 2.32. The zero-order valence-corrected chi connectivity index (χ0v) is 14.5. The molecule has 0 saturated heterocycles. The van der Waals surface area contributed by atoms with Gasteiger partial charge in [0.15, 0.2) is 21.3 Å². The lowest BCUT2D eigenvalue weighted by atomic mass is 10.2. The first-order valence-electron chi connectivity index (χ1n) is 7.65. The molecule has 1 aromatic heterocycles. The van der Waals surface area contributed by atoms with Gasteiger partial charge in [-0.2, -0.15) is 0 Å².